The number of primary amides is 1. The summed E-state index contributed by atoms with van der Waals surface area (Å²) in [6, 6.07) is -9.29. The Morgan fingerprint density at radius 3 is 1.30 bits per heavy atom. The molecule has 29 heteroatoms. The highest BCUT2D eigenvalue weighted by Gasteiger charge is 2.37. The largest absolute Gasteiger partial charge is 0.508 e. The lowest BCUT2D eigenvalue weighted by Gasteiger charge is -2.30. The maximum absolute atomic E-state index is 14.3. The molecule has 1 rings (SSSR count). The molecule has 0 fully saturated rings. The van der Waals surface area contributed by atoms with Crippen LogP contribution in [-0.2, 0) is 68.7 Å². The second-order valence-corrected chi connectivity index (χ2v) is 19.4. The summed E-state index contributed by atoms with van der Waals surface area (Å²) in [5.41, 5.74) is 11.4. The van der Waals surface area contributed by atoms with Crippen molar-refractivity contribution in [2.45, 2.75) is 167 Å². The first-order chi connectivity index (χ1) is 35.7. The lowest BCUT2D eigenvalue weighted by atomic mass is 9.98. The minimum absolute atomic E-state index is 0.0313. The minimum Gasteiger partial charge on any atom is -0.508 e. The van der Waals surface area contributed by atoms with Gasteiger partial charge in [0.2, 0.25) is 53.2 Å². The maximum Gasteiger partial charge on any atom is 0.328 e. The molecule has 0 unspecified atom stereocenters. The van der Waals surface area contributed by atoms with Gasteiger partial charge in [-0.2, -0.15) is 0 Å². The van der Waals surface area contributed by atoms with Crippen molar-refractivity contribution < 1.29 is 93.0 Å². The van der Waals surface area contributed by atoms with Crippen molar-refractivity contribution in [2.75, 3.05) is 0 Å². The Bertz CT molecular complexity index is 2280. The summed E-state index contributed by atoms with van der Waals surface area (Å²) in [5, 5.41) is 76.2. The first-order valence-corrected chi connectivity index (χ1v) is 24.5. The van der Waals surface area contributed by atoms with E-state index in [1.165, 1.54) is 52.0 Å². The number of hydrogen-bond acceptors (Lipinski definition) is 16. The molecule has 0 aliphatic rings. The van der Waals surface area contributed by atoms with Crippen molar-refractivity contribution in [3.63, 3.8) is 0 Å². The maximum atomic E-state index is 14.3. The number of nitrogens with two attached hydrogens (primary N) is 2. The Morgan fingerprint density at radius 2 is 0.857 bits per heavy atom. The summed E-state index contributed by atoms with van der Waals surface area (Å²) in [7, 11) is 0. The molecule has 0 aliphatic heterocycles. The van der Waals surface area contributed by atoms with Crippen LogP contribution in [-0.4, -0.2) is 168 Å². The van der Waals surface area contributed by atoms with Crippen LogP contribution in [0.25, 0.3) is 0 Å². The van der Waals surface area contributed by atoms with Gasteiger partial charge in [-0.05, 0) is 68.1 Å². The summed E-state index contributed by atoms with van der Waals surface area (Å²) in [6.45, 7) is 10.4. The lowest BCUT2D eigenvalue weighted by Crippen LogP contribution is -2.62. The van der Waals surface area contributed by atoms with Gasteiger partial charge in [-0.15, -0.1) is 0 Å². The molecule has 18 N–H and O–H groups in total. The zero-order valence-corrected chi connectivity index (χ0v) is 43.8. The fourth-order valence-electron chi connectivity index (χ4n) is 7.23. The van der Waals surface area contributed by atoms with Gasteiger partial charge in [-0.1, -0.05) is 53.7 Å². The van der Waals surface area contributed by atoms with Crippen LogP contribution in [0.1, 0.15) is 105 Å². The fourth-order valence-corrected chi connectivity index (χ4v) is 7.23. The molecule has 9 amide bonds. The van der Waals surface area contributed by atoms with Crippen LogP contribution in [0.4, 0.5) is 0 Å². The number of aliphatic hydroxyl groups excluding tert-OH is 1. The second-order valence-electron chi connectivity index (χ2n) is 19.4. The van der Waals surface area contributed by atoms with E-state index in [1.54, 1.807) is 13.8 Å². The normalized spacial score (nSPS) is 15.1. The summed E-state index contributed by atoms with van der Waals surface area (Å²) >= 11 is 0. The molecule has 1 aromatic rings. The number of hydrogen-bond donors (Lipinski definition) is 16. The number of carboxylic acids is 4. The summed E-state index contributed by atoms with van der Waals surface area (Å²) in [6.07, 6.45) is -6.12. The number of carboxylic acid groups (broad SMARTS) is 4. The zero-order valence-electron chi connectivity index (χ0n) is 43.8. The summed E-state index contributed by atoms with van der Waals surface area (Å²) in [5.74, 6) is -17.4. The number of phenolic OH excluding ortho intramolecular Hbond substituents is 1. The third-order valence-corrected chi connectivity index (χ3v) is 11.5. The summed E-state index contributed by atoms with van der Waals surface area (Å²) in [4.78, 5) is 168. The highest BCUT2D eigenvalue weighted by Crippen LogP contribution is 2.15. The molecule has 0 spiro atoms. The Balaban J connectivity index is 3.59. The number of phenols is 1. The van der Waals surface area contributed by atoms with Crippen molar-refractivity contribution in [3.8, 4) is 5.75 Å². The number of carbonyl (C=O) groups is 13. The second kappa shape index (κ2) is 32.5. The van der Waals surface area contributed by atoms with Gasteiger partial charge >= 0.3 is 23.9 Å². The average Bonchev–Trinajstić information content (AvgIpc) is 3.31. The smallest absolute Gasteiger partial charge is 0.328 e. The van der Waals surface area contributed by atoms with Crippen molar-refractivity contribution in [3.05, 3.63) is 29.8 Å². The Hall–Kier alpha value is -7.95. The molecule has 29 nitrogen and oxygen atoms in total. The molecule has 0 saturated carbocycles. The highest BCUT2D eigenvalue weighted by atomic mass is 16.4. The van der Waals surface area contributed by atoms with Crippen molar-refractivity contribution in [1.29, 1.82) is 0 Å². The fraction of sp³-hybridized carbons (Fsp3) is 0.604. The van der Waals surface area contributed by atoms with E-state index < -0.39 is 188 Å². The number of carbonyl (C=O) groups excluding carboxylic acids is 9. The van der Waals surface area contributed by atoms with Crippen molar-refractivity contribution >= 4 is 77.0 Å². The van der Waals surface area contributed by atoms with Crippen LogP contribution in [0.2, 0.25) is 0 Å². The first-order valence-electron chi connectivity index (χ1n) is 24.5. The third kappa shape index (κ3) is 25.0. The Labute approximate surface area is 443 Å². The lowest BCUT2D eigenvalue weighted by molar-refractivity contribution is -0.145. The van der Waals surface area contributed by atoms with E-state index in [0.29, 0.717) is 5.56 Å². The topological polar surface area (TPSA) is 492 Å². The Morgan fingerprint density at radius 1 is 0.468 bits per heavy atom. The number of aliphatic carboxylic acids is 4. The van der Waals surface area contributed by atoms with Gasteiger partial charge in [0.25, 0.3) is 0 Å². The van der Waals surface area contributed by atoms with Crippen molar-refractivity contribution in [1.82, 2.24) is 42.5 Å². The van der Waals surface area contributed by atoms with Crippen molar-refractivity contribution in [2.24, 2.45) is 29.2 Å². The van der Waals surface area contributed by atoms with Crippen LogP contribution in [0.15, 0.2) is 24.3 Å². The van der Waals surface area contributed by atoms with E-state index in [0.717, 1.165) is 6.92 Å². The number of aromatic hydroxyl groups is 1. The van der Waals surface area contributed by atoms with Gasteiger partial charge in [-0.3, -0.25) is 57.5 Å². The quantitative estimate of drug-likeness (QED) is 0.0313. The Kier molecular flexibility index (Phi) is 28.3. The molecule has 77 heavy (non-hydrogen) atoms. The molecule has 0 heterocycles. The van der Waals surface area contributed by atoms with Crippen LogP contribution < -0.4 is 54.0 Å². The molecular weight excluding hydrogens is 1020 g/mol. The van der Waals surface area contributed by atoms with Crippen LogP contribution in [0.3, 0.4) is 0 Å². The van der Waals surface area contributed by atoms with Gasteiger partial charge < -0.3 is 84.6 Å². The number of amides is 9. The van der Waals surface area contributed by atoms with Gasteiger partial charge in [0.1, 0.15) is 48.0 Å². The number of rotatable bonds is 35. The standard InChI is InChI=1S/C48H74N10O19/c1-21(2)18-30(53-40(68)27(49)12-16-34(62)63)43(71)54-32(20-36(66)67)45(73)57-38(23(5)6)47(75)55-31(19-25-8-10-26(60)11-9-25)44(72)56-37(22(3)4)46(74)52-29(14-17-35(64)65)41(69)51-28(13-15-33(50)61)42(70)58-39(24(7)59)48(76)77/h8-11,21-24,27-32,37-39,59-60H,12-20,49H2,1-7H3,(H2,50,61)(H,51,69)(H,52,74)(H,53,68)(H,54,71)(H,55,75)(H,56,72)(H,57,73)(H,58,70)(H,62,63)(H,64,65)(H,66,67)(H,76,77)/t24-,27+,28+,29+,30+,31+,32+,37+,38+,39+/m1/s1. The van der Waals surface area contributed by atoms with E-state index in [9.17, 15) is 87.9 Å². The predicted molar refractivity (Wildman–Crippen MR) is 268 cm³/mol. The van der Waals surface area contributed by atoms with Crippen LogP contribution in [0.5, 0.6) is 5.75 Å². The molecule has 0 aromatic heterocycles. The van der Waals surface area contributed by atoms with Gasteiger partial charge in [0.15, 0.2) is 6.04 Å². The predicted octanol–water partition coefficient (Wildman–Crippen LogP) is -3.57. The van der Waals surface area contributed by atoms with E-state index in [-0.39, 0.29) is 30.9 Å². The minimum atomic E-state index is -1.87. The van der Waals surface area contributed by atoms with E-state index in [2.05, 4.69) is 37.2 Å². The molecular formula is C48H74N10O19. The number of benzene rings is 1. The zero-order chi connectivity index (χ0) is 59.0. The molecule has 10 atom stereocenters. The summed E-state index contributed by atoms with van der Waals surface area (Å²) < 4.78 is 0. The van der Waals surface area contributed by atoms with Crippen LogP contribution >= 0.6 is 0 Å². The number of nitrogens with one attached hydrogen (secondary N) is 8. The first kappa shape index (κ1) is 67.1. The molecule has 1 aromatic carbocycles. The third-order valence-electron chi connectivity index (χ3n) is 11.5. The molecule has 0 aliphatic carbocycles. The van der Waals surface area contributed by atoms with Gasteiger partial charge in [-0.25, -0.2) is 4.79 Å². The molecule has 0 saturated heterocycles. The highest BCUT2D eigenvalue weighted by molar-refractivity contribution is 5.99. The average molecular weight is 1100 g/mol. The number of aliphatic hydroxyl groups is 1. The van der Waals surface area contributed by atoms with E-state index in [4.69, 9.17) is 16.6 Å². The molecule has 430 valence electrons. The van der Waals surface area contributed by atoms with E-state index in [1.807, 2.05) is 5.32 Å². The molecule has 0 radical (unpaired) electrons. The molecule has 0 bridgehead atoms. The SMILES string of the molecule is CC(C)C[C@H](NC(=O)[C@@H](N)CCC(=O)O)C(=O)N[C@@H](CC(=O)O)C(=O)N[C@H](C(=O)N[C@@H](Cc1ccc(O)cc1)C(=O)N[C@H](C(=O)N[C@@H](CCC(=O)O)C(=O)N[C@@H](CCC(N)=O)C(=O)N[C@H](C(=O)O)[C@@H](C)O)C(C)C)C(C)C. The van der Waals surface area contributed by atoms with Gasteiger partial charge in [0.05, 0.1) is 18.6 Å². The van der Waals surface area contributed by atoms with Gasteiger partial charge in [0, 0.05) is 25.7 Å². The monoisotopic (exact) mass is 1090 g/mol. The van der Waals surface area contributed by atoms with E-state index >= 15 is 0 Å². The van der Waals surface area contributed by atoms with Crippen LogP contribution in [0, 0.1) is 17.8 Å².